The molecule has 0 spiro atoms. The SMILES string of the molecule is CCCCOC(=O)Cl.CCCCOC(=O)Oc1ccc2ccc(OCCCCN3CCN(c4cccc5sccc45)CC3)cc2n1.O=c1ccc2ccc(OCCCCN3CCN(c4cccc5sccc45)CC3)cc2[nH]1. The molecule has 0 aliphatic carbocycles. The van der Waals surface area contributed by atoms with Gasteiger partial charge >= 0.3 is 11.6 Å². The van der Waals surface area contributed by atoms with E-state index in [1.54, 1.807) is 12.1 Å². The maximum Gasteiger partial charge on any atom is 0.515 e. The molecule has 0 atom stereocenters. The number of halogens is 1. The Kier molecular flexibility index (Phi) is 22.1. The highest BCUT2D eigenvalue weighted by molar-refractivity contribution is 7.17. The summed E-state index contributed by atoms with van der Waals surface area (Å²) in [5.41, 5.74) is 3.49. The fourth-order valence-corrected chi connectivity index (χ4v) is 11.0. The molecule has 2 fully saturated rings. The summed E-state index contributed by atoms with van der Waals surface area (Å²) in [4.78, 5) is 50.6. The third-order valence-corrected chi connectivity index (χ3v) is 15.5. The average molecular weight is 1100 g/mol. The van der Waals surface area contributed by atoms with E-state index >= 15 is 0 Å². The second-order valence-electron chi connectivity index (χ2n) is 19.1. The van der Waals surface area contributed by atoms with Gasteiger partial charge in [0.15, 0.2) is 0 Å². The predicted molar refractivity (Wildman–Crippen MR) is 316 cm³/mol. The molecule has 2 aliphatic rings. The first-order valence-corrected chi connectivity index (χ1v) is 29.2. The van der Waals surface area contributed by atoms with Crippen molar-refractivity contribution in [3.63, 3.8) is 0 Å². The summed E-state index contributed by atoms with van der Waals surface area (Å²) in [5.74, 6) is 1.80. The second-order valence-corrected chi connectivity index (χ2v) is 21.3. The lowest BCUT2D eigenvalue weighted by Crippen LogP contribution is -2.46. The Bertz CT molecular complexity index is 3170. The Balaban J connectivity index is 0.000000181. The van der Waals surface area contributed by atoms with Crippen LogP contribution < -0.4 is 29.6 Å². The van der Waals surface area contributed by atoms with E-state index in [0.717, 1.165) is 150 Å². The zero-order chi connectivity index (χ0) is 53.6. The first-order valence-electron chi connectivity index (χ1n) is 27.1. The number of aromatic nitrogens is 2. The molecule has 8 aromatic rings. The molecule has 6 heterocycles. The number of ether oxygens (including phenoxy) is 5. The van der Waals surface area contributed by atoms with Crippen molar-refractivity contribution in [1.29, 1.82) is 0 Å². The lowest BCUT2D eigenvalue weighted by atomic mass is 10.2. The van der Waals surface area contributed by atoms with Gasteiger partial charge in [-0.25, -0.2) is 14.6 Å². The number of pyridine rings is 2. The smallest absolute Gasteiger partial charge is 0.494 e. The van der Waals surface area contributed by atoms with Crippen LogP contribution in [0.25, 0.3) is 42.0 Å². The first kappa shape index (κ1) is 56.8. The number of fused-ring (bicyclic) bond motifs is 4. The molecule has 1 N–H and O–H groups in total. The van der Waals surface area contributed by atoms with Gasteiger partial charge in [-0.1, -0.05) is 38.8 Å². The van der Waals surface area contributed by atoms with Gasteiger partial charge in [-0.2, -0.15) is 0 Å². The highest BCUT2D eigenvalue weighted by atomic mass is 35.5. The monoisotopic (exact) mass is 1100 g/mol. The summed E-state index contributed by atoms with van der Waals surface area (Å²) < 4.78 is 29.3. The van der Waals surface area contributed by atoms with Crippen LogP contribution in [0.1, 0.15) is 65.2 Å². The second kappa shape index (κ2) is 29.9. The zero-order valence-electron chi connectivity index (χ0n) is 44.3. The largest absolute Gasteiger partial charge is 0.515 e. The Morgan fingerprint density at radius 1 is 0.584 bits per heavy atom. The van der Waals surface area contributed by atoms with Gasteiger partial charge in [-0.15, -0.1) is 22.7 Å². The minimum absolute atomic E-state index is 0.0863. The van der Waals surface area contributed by atoms with Crippen LogP contribution in [0.5, 0.6) is 17.4 Å². The Morgan fingerprint density at radius 3 is 1.69 bits per heavy atom. The number of carbonyl (C=O) groups excluding carboxylic acids is 2. The van der Waals surface area contributed by atoms with E-state index < -0.39 is 11.6 Å². The Labute approximate surface area is 464 Å². The lowest BCUT2D eigenvalue weighted by molar-refractivity contribution is 0.0964. The van der Waals surface area contributed by atoms with Crippen molar-refractivity contribution in [2.24, 2.45) is 0 Å². The molecule has 4 aromatic heterocycles. The van der Waals surface area contributed by atoms with Crippen LogP contribution >= 0.6 is 34.3 Å². The van der Waals surface area contributed by atoms with Crippen LogP contribution in [0, 0.1) is 0 Å². The molecule has 14 nitrogen and oxygen atoms in total. The summed E-state index contributed by atoms with van der Waals surface area (Å²) >= 11 is 8.48. The maximum atomic E-state index is 11.8. The van der Waals surface area contributed by atoms with E-state index in [2.05, 4.69) is 93.6 Å². The predicted octanol–water partition coefficient (Wildman–Crippen LogP) is 13.6. The molecule has 2 saturated heterocycles. The van der Waals surface area contributed by atoms with Crippen LogP contribution in [-0.2, 0) is 9.47 Å². The lowest BCUT2D eigenvalue weighted by Gasteiger charge is -2.36. The molecule has 408 valence electrons. The minimum atomic E-state index is -0.723. The van der Waals surface area contributed by atoms with E-state index in [0.29, 0.717) is 26.4 Å². The molecule has 10 rings (SSSR count). The number of aromatic amines is 1. The number of H-pyrrole nitrogens is 1. The number of rotatable bonds is 21. The molecule has 4 aromatic carbocycles. The minimum Gasteiger partial charge on any atom is -0.494 e. The van der Waals surface area contributed by atoms with Gasteiger partial charge in [0.1, 0.15) is 11.5 Å². The fourth-order valence-electron chi connectivity index (χ4n) is 9.34. The number of nitrogens with zero attached hydrogens (tertiary/aromatic N) is 5. The van der Waals surface area contributed by atoms with Crippen LogP contribution in [0.15, 0.2) is 125 Å². The quantitative estimate of drug-likeness (QED) is 0.0415. The van der Waals surface area contributed by atoms with Crippen LogP contribution in [0.3, 0.4) is 0 Å². The van der Waals surface area contributed by atoms with Crippen molar-refractivity contribution in [3.8, 4) is 17.4 Å². The zero-order valence-corrected chi connectivity index (χ0v) is 46.7. The number of hydrogen-bond donors (Lipinski definition) is 1. The number of nitrogens with one attached hydrogen (secondary N) is 1. The molecular formula is C60H71ClN6O8S2. The van der Waals surface area contributed by atoms with Crippen molar-refractivity contribution < 1.29 is 33.3 Å². The molecule has 0 amide bonds. The molecule has 2 aliphatic heterocycles. The summed E-state index contributed by atoms with van der Waals surface area (Å²) in [6.45, 7) is 17.1. The van der Waals surface area contributed by atoms with Crippen LogP contribution in [-0.4, -0.2) is 123 Å². The number of hydrogen-bond acceptors (Lipinski definition) is 15. The Hall–Kier alpha value is -6.43. The topological polar surface area (TPSA) is 139 Å². The van der Waals surface area contributed by atoms with Gasteiger partial charge in [0.25, 0.3) is 0 Å². The van der Waals surface area contributed by atoms with Gasteiger partial charge in [0.05, 0.1) is 37.5 Å². The van der Waals surface area contributed by atoms with Crippen molar-refractivity contribution in [2.45, 2.75) is 65.2 Å². The highest BCUT2D eigenvalue weighted by Gasteiger charge is 2.20. The van der Waals surface area contributed by atoms with Crippen LogP contribution in [0.2, 0.25) is 0 Å². The van der Waals surface area contributed by atoms with Gasteiger partial charge in [0.2, 0.25) is 11.4 Å². The number of piperazine rings is 2. The van der Waals surface area contributed by atoms with Gasteiger partial charge in [-0.05, 0) is 141 Å². The first-order chi connectivity index (χ1) is 37.7. The van der Waals surface area contributed by atoms with E-state index in [1.807, 2.05) is 85.1 Å². The van der Waals surface area contributed by atoms with Crippen molar-refractivity contribution in [1.82, 2.24) is 19.8 Å². The molecule has 0 bridgehead atoms. The fraction of sp³-hybridized carbons (Fsp3) is 0.400. The number of benzene rings is 4. The van der Waals surface area contributed by atoms with Crippen molar-refractivity contribution in [2.75, 3.05) is 102 Å². The number of anilines is 2. The molecule has 17 heteroatoms. The number of thiophene rings is 2. The summed E-state index contributed by atoms with van der Waals surface area (Å²) in [6.07, 6.45) is 7.19. The molecular weight excluding hydrogens is 1030 g/mol. The highest BCUT2D eigenvalue weighted by Crippen LogP contribution is 2.33. The van der Waals surface area contributed by atoms with Crippen LogP contribution in [0.4, 0.5) is 21.0 Å². The summed E-state index contributed by atoms with van der Waals surface area (Å²) in [6, 6.07) is 36.3. The summed E-state index contributed by atoms with van der Waals surface area (Å²) in [5, 5.41) is 9.10. The van der Waals surface area contributed by atoms with E-state index in [4.69, 9.17) is 30.5 Å². The van der Waals surface area contributed by atoms with E-state index in [-0.39, 0.29) is 11.4 Å². The molecule has 0 unspecified atom stereocenters. The molecule has 77 heavy (non-hydrogen) atoms. The van der Waals surface area contributed by atoms with E-state index in [1.165, 1.54) is 31.5 Å². The van der Waals surface area contributed by atoms with E-state index in [9.17, 15) is 14.4 Å². The average Bonchev–Trinajstić information content (AvgIpc) is 4.15. The third kappa shape index (κ3) is 17.3. The third-order valence-electron chi connectivity index (χ3n) is 13.6. The normalized spacial score (nSPS) is 14.0. The standard InChI is InChI=1S/C30H35N3O4S.C25H27N3O2S.C5H9ClO2/c1-2-3-19-36-30(34)37-29-12-10-23-9-11-24(22-26(23)31-29)35-20-5-4-14-32-15-17-33(18-16-32)27-7-6-8-28-25(27)13-21-38-28;29-25-9-7-19-6-8-20(18-22(19)26-25)30-16-2-1-11-27-12-14-28(15-13-27)23-4-3-5-24-21(23)10-17-31-24;1-2-3-4-8-5(6)7/h6-13,21-22H,2-5,14-20H2,1H3;3-10,17-18H,1-2,11-16H2,(H,26,29);2-4H2,1H3. The summed E-state index contributed by atoms with van der Waals surface area (Å²) in [7, 11) is 0. The van der Waals surface area contributed by atoms with Gasteiger partial charge < -0.3 is 38.5 Å². The number of carbonyl (C=O) groups is 2. The van der Waals surface area contributed by atoms with Gasteiger partial charge in [0, 0.05) is 125 Å². The van der Waals surface area contributed by atoms with Crippen molar-refractivity contribution in [3.05, 3.63) is 130 Å². The van der Waals surface area contributed by atoms with Crippen molar-refractivity contribution >= 4 is 99.2 Å². The molecule has 0 saturated carbocycles. The molecule has 0 radical (unpaired) electrons. The number of unbranched alkanes of at least 4 members (excludes halogenated alkanes) is 4. The maximum absolute atomic E-state index is 11.8. The Morgan fingerprint density at radius 2 is 1.12 bits per heavy atom. The van der Waals surface area contributed by atoms with Gasteiger partial charge in [-0.3, -0.25) is 14.6 Å².